The molecule has 1 fully saturated rings. The maximum Gasteiger partial charge on any atom is 0.152 e. The number of hydrogen-bond donors (Lipinski definition) is 4. The van der Waals surface area contributed by atoms with Crippen LogP contribution in [-0.2, 0) is 0 Å². The molecule has 1 aliphatic rings. The van der Waals surface area contributed by atoms with Crippen molar-refractivity contribution in [3.8, 4) is 0 Å². The number of aldehydes is 1. The second-order valence-electron chi connectivity index (χ2n) is 7.11. The number of hydrogen-bond acceptors (Lipinski definition) is 4. The average molecular weight is 359 g/mol. The number of pyridine rings is 1. The molecule has 0 bridgehead atoms. The highest BCUT2D eigenvalue weighted by Crippen LogP contribution is 2.33. The zero-order valence-electron chi connectivity index (χ0n) is 14.9. The van der Waals surface area contributed by atoms with Crippen LogP contribution in [-0.4, -0.2) is 34.3 Å². The lowest BCUT2D eigenvalue weighted by Gasteiger charge is -2.22. The van der Waals surface area contributed by atoms with Crippen molar-refractivity contribution in [3.63, 3.8) is 0 Å². The van der Waals surface area contributed by atoms with E-state index in [1.54, 1.807) is 6.20 Å². The van der Waals surface area contributed by atoms with Gasteiger partial charge in [0, 0.05) is 39.9 Å². The molecule has 0 radical (unpaired) electrons. The summed E-state index contributed by atoms with van der Waals surface area (Å²) in [6, 6.07) is 10.2. The van der Waals surface area contributed by atoms with E-state index >= 15 is 0 Å². The summed E-state index contributed by atoms with van der Waals surface area (Å²) in [6.45, 7) is 2.19. The number of H-pyrrole nitrogens is 2. The fourth-order valence-corrected chi connectivity index (χ4v) is 4.04. The first kappa shape index (κ1) is 16.1. The molecule has 6 heteroatoms. The van der Waals surface area contributed by atoms with Crippen LogP contribution in [0.15, 0.2) is 42.7 Å². The van der Waals surface area contributed by atoms with E-state index in [0.717, 1.165) is 41.8 Å². The number of aromatic nitrogens is 3. The second-order valence-corrected chi connectivity index (χ2v) is 7.11. The summed E-state index contributed by atoms with van der Waals surface area (Å²) < 4.78 is 0. The SMILES string of the molecule is O=Cc1c[nH]c2nc(Nc3ccc4c(C5CCNCC5)c[nH]c4c3)ccc12. The van der Waals surface area contributed by atoms with Crippen LogP contribution in [0.25, 0.3) is 21.9 Å². The van der Waals surface area contributed by atoms with Crippen LogP contribution in [0.5, 0.6) is 0 Å². The number of fused-ring (bicyclic) bond motifs is 2. The monoisotopic (exact) mass is 359 g/mol. The Morgan fingerprint density at radius 1 is 1.04 bits per heavy atom. The molecule has 4 aromatic rings. The number of piperidine rings is 1. The van der Waals surface area contributed by atoms with Crippen LogP contribution in [0.2, 0.25) is 0 Å². The Balaban J connectivity index is 1.43. The molecule has 1 saturated heterocycles. The maximum absolute atomic E-state index is 11.0. The van der Waals surface area contributed by atoms with Gasteiger partial charge in [-0.05, 0) is 61.7 Å². The topological polar surface area (TPSA) is 85.6 Å². The van der Waals surface area contributed by atoms with Gasteiger partial charge in [0.05, 0.1) is 0 Å². The number of carbonyl (C=O) groups excluding carboxylic acids is 1. The van der Waals surface area contributed by atoms with Crippen molar-refractivity contribution in [2.75, 3.05) is 18.4 Å². The molecule has 5 rings (SSSR count). The largest absolute Gasteiger partial charge is 0.361 e. The van der Waals surface area contributed by atoms with Gasteiger partial charge in [0.15, 0.2) is 6.29 Å². The van der Waals surface area contributed by atoms with Crippen molar-refractivity contribution < 1.29 is 4.79 Å². The van der Waals surface area contributed by atoms with E-state index < -0.39 is 0 Å². The quantitative estimate of drug-likeness (QED) is 0.414. The van der Waals surface area contributed by atoms with Crippen molar-refractivity contribution >= 4 is 39.7 Å². The molecule has 4 N–H and O–H groups in total. The van der Waals surface area contributed by atoms with Gasteiger partial charge in [0.1, 0.15) is 11.5 Å². The van der Waals surface area contributed by atoms with Gasteiger partial charge in [-0.25, -0.2) is 4.98 Å². The molecular formula is C21H21N5O. The minimum atomic E-state index is 0.627. The van der Waals surface area contributed by atoms with E-state index in [2.05, 4.69) is 50.0 Å². The first-order valence-corrected chi connectivity index (χ1v) is 9.34. The number of aromatic amines is 2. The van der Waals surface area contributed by atoms with E-state index in [1.165, 1.54) is 23.8 Å². The molecule has 0 unspecified atom stereocenters. The van der Waals surface area contributed by atoms with Crippen LogP contribution >= 0.6 is 0 Å². The van der Waals surface area contributed by atoms with Crippen LogP contribution in [0.1, 0.15) is 34.7 Å². The Morgan fingerprint density at radius 3 is 2.74 bits per heavy atom. The van der Waals surface area contributed by atoms with E-state index in [4.69, 9.17) is 0 Å². The molecule has 1 aromatic carbocycles. The zero-order valence-corrected chi connectivity index (χ0v) is 14.9. The first-order valence-electron chi connectivity index (χ1n) is 9.34. The highest BCUT2D eigenvalue weighted by Gasteiger charge is 2.18. The Hall–Kier alpha value is -3.12. The summed E-state index contributed by atoms with van der Waals surface area (Å²) in [6.07, 6.45) is 7.06. The molecule has 0 amide bonds. The fourth-order valence-electron chi connectivity index (χ4n) is 4.04. The first-order chi connectivity index (χ1) is 13.3. The molecule has 136 valence electrons. The molecule has 3 aromatic heterocycles. The number of rotatable bonds is 4. The summed E-state index contributed by atoms with van der Waals surface area (Å²) in [7, 11) is 0. The lowest BCUT2D eigenvalue weighted by atomic mass is 9.90. The zero-order chi connectivity index (χ0) is 18.2. The van der Waals surface area contributed by atoms with Gasteiger partial charge in [-0.15, -0.1) is 0 Å². The van der Waals surface area contributed by atoms with E-state index in [9.17, 15) is 4.79 Å². The third-order valence-electron chi connectivity index (χ3n) is 5.46. The van der Waals surface area contributed by atoms with Gasteiger partial charge in [-0.2, -0.15) is 0 Å². The molecule has 27 heavy (non-hydrogen) atoms. The summed E-state index contributed by atoms with van der Waals surface area (Å²) in [5, 5.41) is 8.92. The molecule has 0 aliphatic carbocycles. The molecule has 0 spiro atoms. The Morgan fingerprint density at radius 2 is 1.89 bits per heavy atom. The fraction of sp³-hybridized carbons (Fsp3) is 0.238. The molecule has 1 aliphatic heterocycles. The number of carbonyl (C=O) groups is 1. The van der Waals surface area contributed by atoms with Gasteiger partial charge < -0.3 is 20.6 Å². The van der Waals surface area contributed by atoms with Gasteiger partial charge in [0.25, 0.3) is 0 Å². The average Bonchev–Trinajstić information content (AvgIpc) is 3.31. The highest BCUT2D eigenvalue weighted by molar-refractivity contribution is 5.96. The summed E-state index contributed by atoms with van der Waals surface area (Å²) >= 11 is 0. The standard InChI is InChI=1S/C21H21N5O/c27-12-14-10-24-21-16(14)3-4-20(26-21)25-15-1-2-17-18(11-23-19(17)9-15)13-5-7-22-8-6-13/h1-4,9-13,22-23H,5-8H2,(H2,24,25,26). The molecule has 6 nitrogen and oxygen atoms in total. The van der Waals surface area contributed by atoms with Crippen LogP contribution < -0.4 is 10.6 Å². The lowest BCUT2D eigenvalue weighted by Crippen LogP contribution is -2.26. The summed E-state index contributed by atoms with van der Waals surface area (Å²) in [4.78, 5) is 22.1. The summed E-state index contributed by atoms with van der Waals surface area (Å²) in [5.74, 6) is 1.37. The maximum atomic E-state index is 11.0. The number of benzene rings is 1. The predicted molar refractivity (Wildman–Crippen MR) is 108 cm³/mol. The van der Waals surface area contributed by atoms with E-state index in [1.807, 2.05) is 12.1 Å². The number of anilines is 2. The second kappa shape index (κ2) is 6.55. The van der Waals surface area contributed by atoms with Gasteiger partial charge in [-0.1, -0.05) is 6.07 Å². The smallest absolute Gasteiger partial charge is 0.152 e. The molecule has 0 atom stereocenters. The Kier molecular flexibility index (Phi) is 3.90. The normalized spacial score (nSPS) is 15.4. The molecule has 0 saturated carbocycles. The Bertz CT molecular complexity index is 1120. The van der Waals surface area contributed by atoms with E-state index in [-0.39, 0.29) is 0 Å². The third-order valence-corrected chi connectivity index (χ3v) is 5.46. The van der Waals surface area contributed by atoms with Crippen molar-refractivity contribution in [1.29, 1.82) is 0 Å². The van der Waals surface area contributed by atoms with E-state index in [0.29, 0.717) is 17.1 Å². The van der Waals surface area contributed by atoms with Crippen molar-refractivity contribution in [2.24, 2.45) is 0 Å². The third kappa shape index (κ3) is 2.88. The van der Waals surface area contributed by atoms with Gasteiger partial charge >= 0.3 is 0 Å². The predicted octanol–water partition coefficient (Wildman–Crippen LogP) is 4.07. The lowest BCUT2D eigenvalue weighted by molar-refractivity contribution is 0.112. The van der Waals surface area contributed by atoms with Crippen LogP contribution in [0.4, 0.5) is 11.5 Å². The highest BCUT2D eigenvalue weighted by atomic mass is 16.1. The van der Waals surface area contributed by atoms with Gasteiger partial charge in [0.2, 0.25) is 0 Å². The van der Waals surface area contributed by atoms with Crippen LogP contribution in [0, 0.1) is 0 Å². The van der Waals surface area contributed by atoms with Crippen molar-refractivity contribution in [3.05, 3.63) is 53.9 Å². The van der Waals surface area contributed by atoms with Crippen LogP contribution in [0.3, 0.4) is 0 Å². The Labute approximate surface area is 156 Å². The number of nitrogens with zero attached hydrogens (tertiary/aromatic N) is 1. The van der Waals surface area contributed by atoms with Gasteiger partial charge in [-0.3, -0.25) is 4.79 Å². The number of nitrogens with one attached hydrogen (secondary N) is 4. The molecule has 4 heterocycles. The van der Waals surface area contributed by atoms with Crippen molar-refractivity contribution in [2.45, 2.75) is 18.8 Å². The molecular weight excluding hydrogens is 338 g/mol. The minimum absolute atomic E-state index is 0.627. The minimum Gasteiger partial charge on any atom is -0.361 e. The van der Waals surface area contributed by atoms with Crippen molar-refractivity contribution in [1.82, 2.24) is 20.3 Å². The summed E-state index contributed by atoms with van der Waals surface area (Å²) in [5.41, 5.74) is 4.87.